The molecule has 5 rings (SSSR count). The number of aromatic amines is 1. The maximum atomic E-state index is 13.6. The Morgan fingerprint density at radius 2 is 1.68 bits per heavy atom. The fourth-order valence-corrected chi connectivity index (χ4v) is 5.14. The molecule has 2 aromatic heterocycles. The molecule has 1 amide bonds. The van der Waals surface area contributed by atoms with Crippen molar-refractivity contribution >= 4 is 50.7 Å². The monoisotopic (exact) mass is 616 g/mol. The van der Waals surface area contributed by atoms with E-state index in [0.717, 1.165) is 0 Å². The summed E-state index contributed by atoms with van der Waals surface area (Å²) in [5.41, 5.74) is 3.02. The molecule has 0 aliphatic rings. The van der Waals surface area contributed by atoms with Crippen molar-refractivity contribution in [2.24, 2.45) is 5.14 Å². The van der Waals surface area contributed by atoms with Gasteiger partial charge in [-0.25, -0.2) is 18.2 Å². The highest BCUT2D eigenvalue weighted by Crippen LogP contribution is 2.34. The highest BCUT2D eigenvalue weighted by Gasteiger charge is 2.27. The summed E-state index contributed by atoms with van der Waals surface area (Å²) in [6.07, 6.45) is 0.117. The fourth-order valence-electron chi connectivity index (χ4n) is 4.01. The highest BCUT2D eigenvalue weighted by atomic mass is 35.5. The summed E-state index contributed by atoms with van der Waals surface area (Å²) in [6, 6.07) is 17.9. The number of hydrogen-bond donors (Lipinski definition) is 3. The molecule has 0 aliphatic heterocycles. The van der Waals surface area contributed by atoms with Crippen molar-refractivity contribution in [3.05, 3.63) is 104 Å². The number of nitrogens with zero attached hydrogens (tertiary/aromatic N) is 5. The number of hydrogen-bond acceptors (Lipinski definition) is 7. The molecule has 0 radical (unpaired) electrons. The summed E-state index contributed by atoms with van der Waals surface area (Å²) in [6.45, 7) is 0.0935. The van der Waals surface area contributed by atoms with E-state index in [-0.39, 0.29) is 23.6 Å². The number of rotatable bonds is 8. The number of tetrazole rings is 1. The molecule has 15 heteroatoms. The van der Waals surface area contributed by atoms with Crippen LogP contribution in [0.2, 0.25) is 15.1 Å². The van der Waals surface area contributed by atoms with Crippen LogP contribution in [0.4, 0.5) is 0 Å². The first kappa shape index (κ1) is 27.7. The molecular weight excluding hydrogens is 599 g/mol. The average Bonchev–Trinajstić information content (AvgIpc) is 3.56. The quantitative estimate of drug-likeness (QED) is 0.235. The molecule has 4 N–H and O–H groups in total. The number of carbonyl (C=O) groups is 1. The second kappa shape index (κ2) is 11.4. The van der Waals surface area contributed by atoms with Gasteiger partial charge in [0.1, 0.15) is 0 Å². The molecule has 0 saturated heterocycles. The van der Waals surface area contributed by atoms with Crippen molar-refractivity contribution in [1.82, 2.24) is 35.7 Å². The van der Waals surface area contributed by atoms with Crippen molar-refractivity contribution in [3.8, 4) is 16.9 Å². The van der Waals surface area contributed by atoms with Crippen LogP contribution in [0, 0.1) is 0 Å². The lowest BCUT2D eigenvalue weighted by molar-refractivity contribution is 0.0944. The minimum atomic E-state index is -3.84. The number of nitrogens with two attached hydrogens (primary N) is 1. The van der Waals surface area contributed by atoms with E-state index in [9.17, 15) is 13.2 Å². The molecule has 3 aromatic carbocycles. The summed E-state index contributed by atoms with van der Waals surface area (Å²) >= 11 is 18.8. The van der Waals surface area contributed by atoms with Crippen LogP contribution in [0.15, 0.2) is 71.6 Å². The number of primary sulfonamides is 1. The predicted molar refractivity (Wildman–Crippen MR) is 150 cm³/mol. The van der Waals surface area contributed by atoms with Crippen LogP contribution in [0.1, 0.15) is 27.4 Å². The van der Waals surface area contributed by atoms with Gasteiger partial charge in [-0.3, -0.25) is 4.79 Å². The Morgan fingerprint density at radius 3 is 2.30 bits per heavy atom. The number of sulfonamides is 1. The molecule has 0 unspecified atom stereocenters. The standard InChI is InChI=1S/C25H19Cl3N8O3S/c26-16-5-3-15(4-6-16)24-19(12-22-31-34-35-32-22)23(33-36(24)21-10-7-17(27)11-20(21)28)25(37)30-13-14-1-8-18(9-2-14)40(29,38)39/h1-11H,12-13H2,(H,30,37)(H2,29,38,39)(H,31,32,34,35). The van der Waals surface area contributed by atoms with E-state index in [1.807, 2.05) is 0 Å². The second-order valence-electron chi connectivity index (χ2n) is 8.57. The number of halogens is 3. The zero-order valence-corrected chi connectivity index (χ0v) is 23.4. The number of amides is 1. The van der Waals surface area contributed by atoms with Gasteiger partial charge in [0.2, 0.25) is 10.0 Å². The minimum absolute atomic E-state index is 0.0313. The lowest BCUT2D eigenvalue weighted by Crippen LogP contribution is -2.24. The SMILES string of the molecule is NS(=O)(=O)c1ccc(CNC(=O)c2nn(-c3ccc(Cl)cc3Cl)c(-c3ccc(Cl)cc3)c2Cc2nn[nH]n2)cc1. The molecule has 0 aliphatic carbocycles. The molecule has 0 atom stereocenters. The van der Waals surface area contributed by atoms with Gasteiger partial charge in [0.25, 0.3) is 5.91 Å². The van der Waals surface area contributed by atoms with Crippen molar-refractivity contribution in [2.75, 3.05) is 0 Å². The number of benzene rings is 3. The molecule has 0 saturated carbocycles. The largest absolute Gasteiger partial charge is 0.347 e. The Kier molecular flexibility index (Phi) is 7.88. The third kappa shape index (κ3) is 6.01. The zero-order chi connectivity index (χ0) is 28.4. The molecule has 0 spiro atoms. The van der Waals surface area contributed by atoms with Gasteiger partial charge < -0.3 is 5.32 Å². The molecule has 0 bridgehead atoms. The van der Waals surface area contributed by atoms with Crippen molar-refractivity contribution < 1.29 is 13.2 Å². The van der Waals surface area contributed by atoms with Crippen LogP contribution in [0.3, 0.4) is 0 Å². The van der Waals surface area contributed by atoms with Crippen LogP contribution < -0.4 is 10.5 Å². The Bertz CT molecular complexity index is 1790. The van der Waals surface area contributed by atoms with E-state index in [4.69, 9.17) is 39.9 Å². The van der Waals surface area contributed by atoms with Gasteiger partial charge in [0.05, 0.1) is 21.3 Å². The molecule has 2 heterocycles. The molecular formula is C25H19Cl3N8O3S. The van der Waals surface area contributed by atoms with E-state index in [1.165, 1.54) is 12.1 Å². The minimum Gasteiger partial charge on any atom is -0.347 e. The lowest BCUT2D eigenvalue weighted by Gasteiger charge is -2.11. The third-order valence-corrected chi connectivity index (χ3v) is 7.60. The summed E-state index contributed by atoms with van der Waals surface area (Å²) < 4.78 is 24.7. The predicted octanol–water partition coefficient (Wildman–Crippen LogP) is 4.18. The third-order valence-electron chi connectivity index (χ3n) is 5.88. The van der Waals surface area contributed by atoms with Crippen LogP contribution in [-0.2, 0) is 23.0 Å². The maximum Gasteiger partial charge on any atom is 0.272 e. The smallest absolute Gasteiger partial charge is 0.272 e. The van der Waals surface area contributed by atoms with E-state index < -0.39 is 15.9 Å². The van der Waals surface area contributed by atoms with Gasteiger partial charge in [-0.15, -0.1) is 10.2 Å². The molecule has 5 aromatic rings. The summed E-state index contributed by atoms with van der Waals surface area (Å²) in [5, 5.41) is 28.1. The molecule has 40 heavy (non-hydrogen) atoms. The van der Waals surface area contributed by atoms with Crippen LogP contribution in [0.5, 0.6) is 0 Å². The number of nitrogens with one attached hydrogen (secondary N) is 2. The summed E-state index contributed by atoms with van der Waals surface area (Å²) in [7, 11) is -3.84. The first-order valence-electron chi connectivity index (χ1n) is 11.6. The van der Waals surface area contributed by atoms with Crippen molar-refractivity contribution in [2.45, 2.75) is 17.9 Å². The van der Waals surface area contributed by atoms with Crippen LogP contribution >= 0.6 is 34.8 Å². The maximum absolute atomic E-state index is 13.6. The van der Waals surface area contributed by atoms with Gasteiger partial charge in [-0.1, -0.05) is 64.3 Å². The molecule has 11 nitrogen and oxygen atoms in total. The lowest BCUT2D eigenvalue weighted by atomic mass is 10.0. The fraction of sp³-hybridized carbons (Fsp3) is 0.0800. The van der Waals surface area contributed by atoms with Gasteiger partial charge in [-0.2, -0.15) is 10.3 Å². The normalized spacial score (nSPS) is 11.5. The summed E-state index contributed by atoms with van der Waals surface area (Å²) in [5.74, 6) is -0.155. The van der Waals surface area contributed by atoms with E-state index in [1.54, 1.807) is 59.3 Å². The Balaban J connectivity index is 1.60. The number of H-pyrrole nitrogens is 1. The van der Waals surface area contributed by atoms with Crippen molar-refractivity contribution in [3.63, 3.8) is 0 Å². The van der Waals surface area contributed by atoms with E-state index in [2.05, 4.69) is 31.0 Å². The van der Waals surface area contributed by atoms with Gasteiger partial charge in [-0.05, 0) is 48.0 Å². The second-order valence-corrected chi connectivity index (χ2v) is 11.4. The van der Waals surface area contributed by atoms with Gasteiger partial charge >= 0.3 is 0 Å². The Hall–Kier alpha value is -3.81. The zero-order valence-electron chi connectivity index (χ0n) is 20.3. The van der Waals surface area contributed by atoms with Crippen molar-refractivity contribution in [1.29, 1.82) is 0 Å². The number of carbonyl (C=O) groups excluding carboxylic acids is 1. The first-order chi connectivity index (χ1) is 19.1. The molecule has 204 valence electrons. The topological polar surface area (TPSA) is 162 Å². The van der Waals surface area contributed by atoms with Crippen LogP contribution in [-0.4, -0.2) is 44.7 Å². The highest BCUT2D eigenvalue weighted by molar-refractivity contribution is 7.89. The molecule has 0 fully saturated rings. The Morgan fingerprint density at radius 1 is 0.975 bits per heavy atom. The average molecular weight is 618 g/mol. The van der Waals surface area contributed by atoms with Crippen LogP contribution in [0.25, 0.3) is 16.9 Å². The Labute approximate surface area is 243 Å². The van der Waals surface area contributed by atoms with E-state index >= 15 is 0 Å². The summed E-state index contributed by atoms with van der Waals surface area (Å²) in [4.78, 5) is 13.5. The van der Waals surface area contributed by atoms with Gasteiger partial charge in [0.15, 0.2) is 11.5 Å². The first-order valence-corrected chi connectivity index (χ1v) is 14.2. The van der Waals surface area contributed by atoms with Gasteiger partial charge in [0, 0.05) is 34.1 Å². The number of aromatic nitrogens is 6. The van der Waals surface area contributed by atoms with E-state index in [0.29, 0.717) is 49.0 Å².